The molecular weight excluding hydrogens is 273 g/mol. The standard InChI is InChI=1S/C11H7Cl2N5/c12-6-2-1-3-7(8(6)13)18-11-9-10(15-4-14-9)16-5-17-11/h1-5H,(H2,14,15,16,17,18). The van der Waals surface area contributed by atoms with Gasteiger partial charge in [-0.15, -0.1) is 0 Å². The summed E-state index contributed by atoms with van der Waals surface area (Å²) in [6.07, 6.45) is 2.99. The maximum absolute atomic E-state index is 6.10. The number of aromatic amines is 1. The normalized spacial score (nSPS) is 10.8. The van der Waals surface area contributed by atoms with Gasteiger partial charge in [0.1, 0.15) is 11.8 Å². The Morgan fingerprint density at radius 3 is 2.89 bits per heavy atom. The van der Waals surface area contributed by atoms with Crippen molar-refractivity contribution in [3.63, 3.8) is 0 Å². The van der Waals surface area contributed by atoms with Crippen LogP contribution >= 0.6 is 23.2 Å². The van der Waals surface area contributed by atoms with Crippen LogP contribution in [0.4, 0.5) is 11.5 Å². The van der Waals surface area contributed by atoms with Gasteiger partial charge in [0, 0.05) is 0 Å². The summed E-state index contributed by atoms with van der Waals surface area (Å²) in [5.41, 5.74) is 1.98. The van der Waals surface area contributed by atoms with E-state index in [9.17, 15) is 0 Å². The Bertz CT molecular complexity index is 709. The van der Waals surface area contributed by atoms with Crippen LogP contribution in [0.15, 0.2) is 30.9 Å². The molecule has 2 aromatic heterocycles. The van der Waals surface area contributed by atoms with E-state index in [0.717, 1.165) is 0 Å². The van der Waals surface area contributed by atoms with Gasteiger partial charge in [0.15, 0.2) is 11.5 Å². The first-order valence-corrected chi connectivity index (χ1v) is 5.86. The van der Waals surface area contributed by atoms with Crippen molar-refractivity contribution in [2.24, 2.45) is 0 Å². The third kappa shape index (κ3) is 1.87. The lowest BCUT2D eigenvalue weighted by Gasteiger charge is -2.08. The number of nitrogens with zero attached hydrogens (tertiary/aromatic N) is 3. The van der Waals surface area contributed by atoms with Crippen LogP contribution in [0.2, 0.25) is 10.0 Å². The first-order chi connectivity index (χ1) is 8.75. The topological polar surface area (TPSA) is 66.5 Å². The highest BCUT2D eigenvalue weighted by Crippen LogP contribution is 2.32. The predicted molar refractivity (Wildman–Crippen MR) is 71.4 cm³/mol. The van der Waals surface area contributed by atoms with Crippen molar-refractivity contribution in [1.82, 2.24) is 19.9 Å². The van der Waals surface area contributed by atoms with Gasteiger partial charge in [-0.25, -0.2) is 15.0 Å². The van der Waals surface area contributed by atoms with E-state index in [1.54, 1.807) is 12.4 Å². The Kier molecular flexibility index (Phi) is 2.77. The Morgan fingerprint density at radius 2 is 2.00 bits per heavy atom. The molecule has 1 aromatic carbocycles. The second-order valence-corrected chi connectivity index (χ2v) is 4.33. The van der Waals surface area contributed by atoms with Crippen molar-refractivity contribution < 1.29 is 0 Å². The van der Waals surface area contributed by atoms with Crippen molar-refractivity contribution in [2.75, 3.05) is 5.32 Å². The summed E-state index contributed by atoms with van der Waals surface area (Å²) in [5.74, 6) is 0.599. The summed E-state index contributed by atoms with van der Waals surface area (Å²) in [4.78, 5) is 15.2. The molecule has 0 fully saturated rings. The van der Waals surface area contributed by atoms with E-state index < -0.39 is 0 Å². The summed E-state index contributed by atoms with van der Waals surface area (Å²) >= 11 is 12.1. The van der Waals surface area contributed by atoms with Gasteiger partial charge in [0.05, 0.1) is 22.1 Å². The highest BCUT2D eigenvalue weighted by atomic mass is 35.5. The largest absolute Gasteiger partial charge is 0.340 e. The second-order valence-electron chi connectivity index (χ2n) is 3.55. The first-order valence-electron chi connectivity index (χ1n) is 5.11. The zero-order chi connectivity index (χ0) is 12.5. The van der Waals surface area contributed by atoms with Crippen molar-refractivity contribution in [3.05, 3.63) is 40.9 Å². The van der Waals surface area contributed by atoms with Gasteiger partial charge < -0.3 is 10.3 Å². The lowest BCUT2D eigenvalue weighted by molar-refractivity contribution is 1.20. The van der Waals surface area contributed by atoms with Crippen LogP contribution < -0.4 is 5.32 Å². The van der Waals surface area contributed by atoms with Gasteiger partial charge in [0.25, 0.3) is 0 Å². The summed E-state index contributed by atoms with van der Waals surface area (Å²) in [6.45, 7) is 0. The number of H-pyrrole nitrogens is 1. The van der Waals surface area contributed by atoms with Gasteiger partial charge >= 0.3 is 0 Å². The molecule has 7 heteroatoms. The molecule has 0 spiro atoms. The van der Waals surface area contributed by atoms with Crippen molar-refractivity contribution in [3.8, 4) is 0 Å². The fourth-order valence-corrected chi connectivity index (χ4v) is 1.94. The fraction of sp³-hybridized carbons (Fsp3) is 0. The van der Waals surface area contributed by atoms with Crippen molar-refractivity contribution >= 4 is 45.9 Å². The fourth-order valence-electron chi connectivity index (χ4n) is 1.59. The minimum atomic E-state index is 0.449. The number of fused-ring (bicyclic) bond motifs is 1. The van der Waals surface area contributed by atoms with Crippen LogP contribution in [0, 0.1) is 0 Å². The summed E-state index contributed by atoms with van der Waals surface area (Å²) in [5, 5.41) is 4.04. The number of imidazole rings is 1. The van der Waals surface area contributed by atoms with Crippen LogP contribution in [0.25, 0.3) is 11.2 Å². The molecule has 0 aliphatic heterocycles. The van der Waals surface area contributed by atoms with E-state index >= 15 is 0 Å². The molecule has 18 heavy (non-hydrogen) atoms. The predicted octanol–water partition coefficient (Wildman–Crippen LogP) is 3.40. The van der Waals surface area contributed by atoms with Crippen molar-refractivity contribution in [2.45, 2.75) is 0 Å². The Balaban J connectivity index is 2.06. The molecule has 0 saturated carbocycles. The number of hydrogen-bond acceptors (Lipinski definition) is 4. The highest BCUT2D eigenvalue weighted by Gasteiger charge is 2.09. The third-order valence-corrected chi connectivity index (χ3v) is 3.25. The number of anilines is 2. The average molecular weight is 280 g/mol. The van der Waals surface area contributed by atoms with Crippen molar-refractivity contribution in [1.29, 1.82) is 0 Å². The molecule has 3 rings (SSSR count). The maximum atomic E-state index is 6.10. The van der Waals surface area contributed by atoms with E-state index in [4.69, 9.17) is 23.2 Å². The zero-order valence-electron chi connectivity index (χ0n) is 8.98. The average Bonchev–Trinajstić information content (AvgIpc) is 2.84. The highest BCUT2D eigenvalue weighted by molar-refractivity contribution is 6.43. The Hall–Kier alpha value is -1.85. The number of aromatic nitrogens is 4. The zero-order valence-corrected chi connectivity index (χ0v) is 10.5. The minimum absolute atomic E-state index is 0.449. The van der Waals surface area contributed by atoms with E-state index in [2.05, 4.69) is 25.3 Å². The minimum Gasteiger partial charge on any atom is -0.340 e. The molecule has 0 bridgehead atoms. The number of halogens is 2. The molecule has 3 aromatic rings. The van der Waals surface area contributed by atoms with E-state index in [1.807, 2.05) is 12.1 Å². The quantitative estimate of drug-likeness (QED) is 0.755. The molecule has 0 atom stereocenters. The smallest absolute Gasteiger partial charge is 0.182 e. The molecule has 2 N–H and O–H groups in total. The molecular formula is C11H7Cl2N5. The molecule has 0 amide bonds. The van der Waals surface area contributed by atoms with Crippen LogP contribution in [0.5, 0.6) is 0 Å². The van der Waals surface area contributed by atoms with Gasteiger partial charge in [0.2, 0.25) is 0 Å². The molecule has 0 unspecified atom stereocenters. The Labute approximate surface area is 112 Å². The summed E-state index contributed by atoms with van der Waals surface area (Å²) in [7, 11) is 0. The molecule has 90 valence electrons. The SMILES string of the molecule is Clc1cccc(Nc2ncnc3nc[nH]c23)c1Cl. The summed E-state index contributed by atoms with van der Waals surface area (Å²) < 4.78 is 0. The molecule has 0 saturated heterocycles. The molecule has 0 aliphatic rings. The molecule has 0 radical (unpaired) electrons. The van der Waals surface area contributed by atoms with Gasteiger partial charge in [-0.2, -0.15) is 0 Å². The van der Waals surface area contributed by atoms with Crippen LogP contribution in [0.3, 0.4) is 0 Å². The van der Waals surface area contributed by atoms with Crippen LogP contribution in [-0.2, 0) is 0 Å². The molecule has 5 nitrogen and oxygen atoms in total. The molecule has 0 aliphatic carbocycles. The number of benzene rings is 1. The summed E-state index contributed by atoms with van der Waals surface area (Å²) in [6, 6.07) is 5.35. The van der Waals surface area contributed by atoms with Crippen LogP contribution in [0.1, 0.15) is 0 Å². The number of rotatable bonds is 2. The molecule has 2 heterocycles. The lowest BCUT2D eigenvalue weighted by atomic mass is 10.3. The monoisotopic (exact) mass is 279 g/mol. The number of hydrogen-bond donors (Lipinski definition) is 2. The Morgan fingerprint density at radius 1 is 1.11 bits per heavy atom. The second kappa shape index (κ2) is 4.44. The van der Waals surface area contributed by atoms with Crippen LogP contribution in [-0.4, -0.2) is 19.9 Å². The van der Waals surface area contributed by atoms with E-state index in [-0.39, 0.29) is 0 Å². The lowest BCUT2D eigenvalue weighted by Crippen LogP contribution is -1.96. The van der Waals surface area contributed by atoms with Gasteiger partial charge in [-0.1, -0.05) is 29.3 Å². The van der Waals surface area contributed by atoms with E-state index in [0.29, 0.717) is 32.7 Å². The third-order valence-electron chi connectivity index (χ3n) is 2.43. The first kappa shape index (κ1) is 11.3. The van der Waals surface area contributed by atoms with E-state index in [1.165, 1.54) is 6.33 Å². The van der Waals surface area contributed by atoms with Gasteiger partial charge in [-0.3, -0.25) is 0 Å². The number of nitrogens with one attached hydrogen (secondary N) is 2. The van der Waals surface area contributed by atoms with Gasteiger partial charge in [-0.05, 0) is 12.1 Å². The maximum Gasteiger partial charge on any atom is 0.182 e.